The van der Waals surface area contributed by atoms with E-state index in [1.807, 2.05) is 49.4 Å². The Kier molecular flexibility index (Phi) is 9.53. The summed E-state index contributed by atoms with van der Waals surface area (Å²) in [6.07, 6.45) is 2.70. The summed E-state index contributed by atoms with van der Waals surface area (Å²) < 4.78 is 32.0. The maximum Gasteiger partial charge on any atom is 0.303 e. The molecule has 6 heteroatoms. The summed E-state index contributed by atoms with van der Waals surface area (Å²) in [5.41, 5.74) is 2.90. The van der Waals surface area contributed by atoms with Crippen molar-refractivity contribution in [1.29, 1.82) is 0 Å². The Morgan fingerprint density at radius 2 is 1.80 bits per heavy atom. The highest BCUT2D eigenvalue weighted by atomic mass is 19.1. The SMILES string of the molecule is CCCCOc1cc(COc2cccc([C@H](CC)CC(=O)O)c2)ccc1-c1cc(OC)ccc1F. The van der Waals surface area contributed by atoms with Crippen LogP contribution < -0.4 is 14.2 Å². The lowest BCUT2D eigenvalue weighted by molar-refractivity contribution is -0.137. The van der Waals surface area contributed by atoms with Gasteiger partial charge in [-0.2, -0.15) is 0 Å². The molecule has 0 heterocycles. The number of rotatable bonds is 13. The molecule has 3 rings (SSSR count). The third-order valence-corrected chi connectivity index (χ3v) is 5.91. The summed E-state index contributed by atoms with van der Waals surface area (Å²) in [5, 5.41) is 9.18. The monoisotopic (exact) mass is 480 g/mol. The number of carboxylic acids is 1. The van der Waals surface area contributed by atoms with Gasteiger partial charge in [-0.15, -0.1) is 0 Å². The number of carboxylic acid groups (broad SMARTS) is 1. The van der Waals surface area contributed by atoms with E-state index in [4.69, 9.17) is 14.2 Å². The molecule has 0 bridgehead atoms. The van der Waals surface area contributed by atoms with Crippen molar-refractivity contribution in [3.05, 3.63) is 77.6 Å². The maximum atomic E-state index is 14.7. The summed E-state index contributed by atoms with van der Waals surface area (Å²) in [6.45, 7) is 4.89. The molecule has 0 aliphatic carbocycles. The average Bonchev–Trinajstić information content (AvgIpc) is 2.87. The van der Waals surface area contributed by atoms with E-state index in [2.05, 4.69) is 6.92 Å². The van der Waals surface area contributed by atoms with Crippen LogP contribution in [-0.4, -0.2) is 24.8 Å². The first-order valence-corrected chi connectivity index (χ1v) is 12.0. The summed E-state index contributed by atoms with van der Waals surface area (Å²) in [7, 11) is 1.55. The van der Waals surface area contributed by atoms with Crippen LogP contribution in [0.15, 0.2) is 60.7 Å². The number of aliphatic carboxylic acids is 1. The normalized spacial score (nSPS) is 11.7. The maximum absolute atomic E-state index is 14.7. The van der Waals surface area contributed by atoms with Gasteiger partial charge >= 0.3 is 5.97 Å². The highest BCUT2D eigenvalue weighted by molar-refractivity contribution is 5.72. The molecule has 0 fully saturated rings. The molecule has 3 aromatic rings. The van der Waals surface area contributed by atoms with E-state index in [-0.39, 0.29) is 18.2 Å². The van der Waals surface area contributed by atoms with Gasteiger partial charge in [-0.1, -0.05) is 44.5 Å². The Hall–Kier alpha value is -3.54. The average molecular weight is 481 g/mol. The van der Waals surface area contributed by atoms with Crippen LogP contribution in [0.5, 0.6) is 17.2 Å². The number of hydrogen-bond acceptors (Lipinski definition) is 4. The van der Waals surface area contributed by atoms with Crippen LogP contribution in [0.2, 0.25) is 0 Å². The molecule has 1 atom stereocenters. The zero-order chi connectivity index (χ0) is 25.2. The highest BCUT2D eigenvalue weighted by Gasteiger charge is 2.16. The Morgan fingerprint density at radius 3 is 2.51 bits per heavy atom. The number of halogens is 1. The smallest absolute Gasteiger partial charge is 0.303 e. The quantitative estimate of drug-likeness (QED) is 0.262. The van der Waals surface area contributed by atoms with Gasteiger partial charge in [0.15, 0.2) is 0 Å². The molecule has 3 aromatic carbocycles. The van der Waals surface area contributed by atoms with Crippen molar-refractivity contribution in [1.82, 2.24) is 0 Å². The molecule has 0 aromatic heterocycles. The van der Waals surface area contributed by atoms with E-state index >= 15 is 0 Å². The Balaban J connectivity index is 1.83. The lowest BCUT2D eigenvalue weighted by Gasteiger charge is -2.16. The predicted molar refractivity (Wildman–Crippen MR) is 135 cm³/mol. The summed E-state index contributed by atoms with van der Waals surface area (Å²) >= 11 is 0. The van der Waals surface area contributed by atoms with Gasteiger partial charge in [-0.05, 0) is 66.3 Å². The molecule has 1 N–H and O–H groups in total. The summed E-state index contributed by atoms with van der Waals surface area (Å²) in [4.78, 5) is 11.2. The molecular formula is C29H33FO5. The third kappa shape index (κ3) is 7.22. The minimum atomic E-state index is -0.814. The summed E-state index contributed by atoms with van der Waals surface area (Å²) in [6, 6.07) is 17.8. The van der Waals surface area contributed by atoms with Crippen LogP contribution in [0, 0.1) is 5.82 Å². The van der Waals surface area contributed by atoms with Gasteiger partial charge in [0.25, 0.3) is 0 Å². The molecule has 0 saturated heterocycles. The summed E-state index contributed by atoms with van der Waals surface area (Å²) in [5.74, 6) is 0.606. The van der Waals surface area contributed by atoms with Crippen LogP contribution in [0.25, 0.3) is 11.1 Å². The van der Waals surface area contributed by atoms with Gasteiger partial charge in [-0.3, -0.25) is 4.79 Å². The number of carbonyl (C=O) groups is 1. The van der Waals surface area contributed by atoms with Crippen molar-refractivity contribution in [2.75, 3.05) is 13.7 Å². The molecule has 0 amide bonds. The molecule has 0 unspecified atom stereocenters. The highest BCUT2D eigenvalue weighted by Crippen LogP contribution is 2.35. The van der Waals surface area contributed by atoms with E-state index < -0.39 is 5.97 Å². The van der Waals surface area contributed by atoms with Crippen molar-refractivity contribution >= 4 is 5.97 Å². The van der Waals surface area contributed by atoms with Crippen LogP contribution in [-0.2, 0) is 11.4 Å². The number of ether oxygens (including phenoxy) is 3. The van der Waals surface area contributed by atoms with Crippen LogP contribution in [0.3, 0.4) is 0 Å². The van der Waals surface area contributed by atoms with Crippen LogP contribution >= 0.6 is 0 Å². The fraction of sp³-hybridized carbons (Fsp3) is 0.345. The Bertz CT molecular complexity index is 1130. The molecule has 186 valence electrons. The second-order valence-electron chi connectivity index (χ2n) is 8.44. The van der Waals surface area contributed by atoms with Gasteiger partial charge in [0, 0.05) is 11.1 Å². The van der Waals surface area contributed by atoms with E-state index in [0.717, 1.165) is 30.4 Å². The second kappa shape index (κ2) is 12.8. The standard InChI is InChI=1S/C29H33FO5/c1-4-6-14-34-28-15-20(10-12-25(28)26-18-23(33-3)11-13-27(26)30)19-35-24-9-7-8-22(16-24)21(5-2)17-29(31)32/h7-13,15-16,18,21H,4-6,14,17,19H2,1-3H3,(H,31,32)/t21-/m1/s1. The molecule has 0 saturated carbocycles. The number of unbranched alkanes of at least 4 members (excludes halogenated alkanes) is 1. The zero-order valence-corrected chi connectivity index (χ0v) is 20.6. The van der Waals surface area contributed by atoms with Crippen molar-refractivity contribution < 1.29 is 28.5 Å². The van der Waals surface area contributed by atoms with Gasteiger partial charge in [0.05, 0.1) is 20.1 Å². The number of benzene rings is 3. The van der Waals surface area contributed by atoms with Gasteiger partial charge in [0.1, 0.15) is 29.7 Å². The fourth-order valence-electron chi connectivity index (χ4n) is 3.90. The molecule has 0 radical (unpaired) electrons. The van der Waals surface area contributed by atoms with Crippen molar-refractivity contribution in [3.63, 3.8) is 0 Å². The van der Waals surface area contributed by atoms with E-state index in [1.54, 1.807) is 19.2 Å². The minimum Gasteiger partial charge on any atom is -0.497 e. The van der Waals surface area contributed by atoms with Gasteiger partial charge < -0.3 is 19.3 Å². The topological polar surface area (TPSA) is 65.0 Å². The first kappa shape index (κ1) is 26.1. The fourth-order valence-corrected chi connectivity index (χ4v) is 3.90. The van der Waals surface area contributed by atoms with Crippen molar-refractivity contribution in [2.24, 2.45) is 0 Å². The minimum absolute atomic E-state index is 0.0633. The number of hydrogen-bond donors (Lipinski definition) is 1. The van der Waals surface area contributed by atoms with Crippen LogP contribution in [0.1, 0.15) is 56.6 Å². The first-order valence-electron chi connectivity index (χ1n) is 12.0. The molecule has 5 nitrogen and oxygen atoms in total. The van der Waals surface area contributed by atoms with Gasteiger partial charge in [0.2, 0.25) is 0 Å². The van der Waals surface area contributed by atoms with Crippen molar-refractivity contribution in [3.8, 4) is 28.4 Å². The van der Waals surface area contributed by atoms with E-state index in [0.29, 0.717) is 41.6 Å². The molecule has 0 spiro atoms. The largest absolute Gasteiger partial charge is 0.497 e. The lowest BCUT2D eigenvalue weighted by atomic mass is 9.93. The molecule has 0 aliphatic rings. The predicted octanol–water partition coefficient (Wildman–Crippen LogP) is 7.23. The zero-order valence-electron chi connectivity index (χ0n) is 20.6. The Morgan fingerprint density at radius 1 is 0.971 bits per heavy atom. The van der Waals surface area contributed by atoms with E-state index in [1.165, 1.54) is 6.07 Å². The second-order valence-corrected chi connectivity index (χ2v) is 8.44. The Labute approximate surface area is 206 Å². The molecule has 35 heavy (non-hydrogen) atoms. The lowest BCUT2D eigenvalue weighted by Crippen LogP contribution is -2.06. The van der Waals surface area contributed by atoms with Gasteiger partial charge in [-0.25, -0.2) is 4.39 Å². The third-order valence-electron chi connectivity index (χ3n) is 5.91. The number of methoxy groups -OCH3 is 1. The molecule has 0 aliphatic heterocycles. The van der Waals surface area contributed by atoms with E-state index in [9.17, 15) is 14.3 Å². The van der Waals surface area contributed by atoms with Crippen molar-refractivity contribution in [2.45, 2.75) is 52.1 Å². The molecular weight excluding hydrogens is 447 g/mol. The van der Waals surface area contributed by atoms with Crippen LogP contribution in [0.4, 0.5) is 4.39 Å². The first-order chi connectivity index (χ1) is 16.9.